The topological polar surface area (TPSA) is 85.6 Å². The van der Waals surface area contributed by atoms with E-state index in [0.29, 0.717) is 20.8 Å². The minimum absolute atomic E-state index is 0.141. The van der Waals surface area contributed by atoms with Crippen LogP contribution in [0.4, 0.5) is 5.69 Å². The van der Waals surface area contributed by atoms with Crippen LogP contribution in [0.15, 0.2) is 59.7 Å². The fourth-order valence-electron chi connectivity index (χ4n) is 2.71. The van der Waals surface area contributed by atoms with E-state index in [-0.39, 0.29) is 18.1 Å². The Balaban J connectivity index is 1.52. The molecule has 1 amide bonds. The molecule has 8 heteroatoms. The van der Waals surface area contributed by atoms with Crippen molar-refractivity contribution in [2.45, 2.75) is 6.92 Å². The van der Waals surface area contributed by atoms with Crippen LogP contribution < -0.4 is 20.1 Å². The van der Waals surface area contributed by atoms with Crippen LogP contribution in [-0.2, 0) is 4.79 Å². The van der Waals surface area contributed by atoms with Crippen molar-refractivity contribution >= 4 is 34.0 Å². The van der Waals surface area contributed by atoms with Crippen LogP contribution in [0.25, 0.3) is 11.0 Å². The van der Waals surface area contributed by atoms with Crippen molar-refractivity contribution < 1.29 is 9.53 Å². The molecule has 4 rings (SSSR count). The summed E-state index contributed by atoms with van der Waals surface area (Å²) < 4.78 is 7.45. The third-order valence-corrected chi connectivity index (χ3v) is 4.96. The average Bonchev–Trinajstić information content (AvgIpc) is 3.24. The van der Waals surface area contributed by atoms with E-state index in [1.807, 2.05) is 49.4 Å². The summed E-state index contributed by atoms with van der Waals surface area (Å²) >= 11 is 1.25. The SMILES string of the molecule is Cc1cccc(NC(=O)COc2ccccc2/C=c2\sc3ncnn3c2=O)c1. The number of aryl methyl sites for hydroxylation is 1. The number of carbonyl (C=O) groups excluding carboxylic acids is 1. The van der Waals surface area contributed by atoms with Crippen molar-refractivity contribution in [3.63, 3.8) is 0 Å². The lowest BCUT2D eigenvalue weighted by Crippen LogP contribution is -2.23. The Hall–Kier alpha value is -3.52. The molecule has 28 heavy (non-hydrogen) atoms. The number of rotatable bonds is 5. The summed E-state index contributed by atoms with van der Waals surface area (Å²) in [6, 6.07) is 14.8. The maximum Gasteiger partial charge on any atom is 0.291 e. The van der Waals surface area contributed by atoms with Gasteiger partial charge in [0.2, 0.25) is 4.96 Å². The largest absolute Gasteiger partial charge is 0.483 e. The molecule has 0 aliphatic heterocycles. The molecule has 0 unspecified atom stereocenters. The van der Waals surface area contributed by atoms with E-state index >= 15 is 0 Å². The maximum atomic E-state index is 12.3. The third-order valence-electron chi connectivity index (χ3n) is 3.99. The van der Waals surface area contributed by atoms with Crippen molar-refractivity contribution in [1.29, 1.82) is 0 Å². The minimum Gasteiger partial charge on any atom is -0.483 e. The van der Waals surface area contributed by atoms with Gasteiger partial charge in [0.25, 0.3) is 11.5 Å². The van der Waals surface area contributed by atoms with Crippen molar-refractivity contribution in [1.82, 2.24) is 14.6 Å². The number of para-hydroxylation sites is 1. The highest BCUT2D eigenvalue weighted by Gasteiger charge is 2.09. The Bertz CT molecular complexity index is 1260. The summed E-state index contributed by atoms with van der Waals surface area (Å²) in [6.45, 7) is 1.82. The molecule has 0 aliphatic rings. The van der Waals surface area contributed by atoms with Gasteiger partial charge >= 0.3 is 0 Å². The number of hydrogen-bond donors (Lipinski definition) is 1. The summed E-state index contributed by atoms with van der Waals surface area (Å²) in [7, 11) is 0. The van der Waals surface area contributed by atoms with Crippen LogP contribution in [0.5, 0.6) is 5.75 Å². The summed E-state index contributed by atoms with van der Waals surface area (Å²) in [6.07, 6.45) is 3.07. The molecule has 2 aromatic carbocycles. The Morgan fingerprint density at radius 3 is 2.93 bits per heavy atom. The van der Waals surface area contributed by atoms with Crippen LogP contribution in [-0.4, -0.2) is 27.1 Å². The standard InChI is InChI=1S/C20H16N4O3S/c1-13-5-4-7-15(9-13)23-18(25)11-27-16-8-3-2-6-14(16)10-17-19(26)24-20(28-17)21-12-22-24/h2-10,12H,11H2,1H3,(H,23,25)/b17-10-. The highest BCUT2D eigenvalue weighted by atomic mass is 32.1. The summed E-state index contributed by atoms with van der Waals surface area (Å²) in [4.78, 5) is 29.1. The number of benzene rings is 2. The van der Waals surface area contributed by atoms with Crippen molar-refractivity contribution in [3.8, 4) is 5.75 Å². The smallest absolute Gasteiger partial charge is 0.291 e. The molecule has 0 aliphatic carbocycles. The van der Waals surface area contributed by atoms with E-state index in [0.717, 1.165) is 11.3 Å². The molecule has 0 saturated heterocycles. The summed E-state index contributed by atoms with van der Waals surface area (Å²) in [5.41, 5.74) is 2.25. The first kappa shape index (κ1) is 17.9. The molecule has 0 radical (unpaired) electrons. The molecule has 0 atom stereocenters. The van der Waals surface area contributed by atoms with E-state index in [1.54, 1.807) is 12.1 Å². The normalized spacial score (nSPS) is 11.7. The van der Waals surface area contributed by atoms with Crippen molar-refractivity contribution in [2.75, 3.05) is 11.9 Å². The molecule has 0 fully saturated rings. The number of fused-ring (bicyclic) bond motifs is 1. The monoisotopic (exact) mass is 392 g/mol. The van der Waals surface area contributed by atoms with Gasteiger partial charge in [-0.2, -0.15) is 9.61 Å². The average molecular weight is 392 g/mol. The first-order chi connectivity index (χ1) is 13.6. The zero-order chi connectivity index (χ0) is 19.5. The number of hydrogen-bond acceptors (Lipinski definition) is 6. The van der Waals surface area contributed by atoms with Crippen molar-refractivity contribution in [3.05, 3.63) is 80.9 Å². The van der Waals surface area contributed by atoms with Crippen LogP contribution in [0.1, 0.15) is 11.1 Å². The Labute approximate surface area is 163 Å². The van der Waals surface area contributed by atoms with Gasteiger partial charge < -0.3 is 10.1 Å². The highest BCUT2D eigenvalue weighted by molar-refractivity contribution is 7.15. The molecule has 7 nitrogen and oxygen atoms in total. The second kappa shape index (κ2) is 7.61. The number of amides is 1. The number of thiazole rings is 1. The summed E-state index contributed by atoms with van der Waals surface area (Å²) in [5.74, 6) is 0.254. The molecule has 2 aromatic heterocycles. The molecule has 0 spiro atoms. The second-order valence-corrected chi connectivity index (χ2v) is 7.12. The van der Waals surface area contributed by atoms with E-state index in [9.17, 15) is 9.59 Å². The van der Waals surface area contributed by atoms with Crippen LogP contribution >= 0.6 is 11.3 Å². The summed E-state index contributed by atoms with van der Waals surface area (Å²) in [5, 5.41) is 6.71. The lowest BCUT2D eigenvalue weighted by molar-refractivity contribution is -0.118. The van der Waals surface area contributed by atoms with Gasteiger partial charge in [-0.15, -0.1) is 0 Å². The number of nitrogens with zero attached hydrogens (tertiary/aromatic N) is 3. The fourth-order valence-corrected chi connectivity index (χ4v) is 3.59. The van der Waals surface area contributed by atoms with Crippen molar-refractivity contribution in [2.24, 2.45) is 0 Å². The number of anilines is 1. The Morgan fingerprint density at radius 1 is 1.25 bits per heavy atom. The van der Waals surface area contributed by atoms with Gasteiger partial charge in [-0.1, -0.05) is 41.7 Å². The number of aromatic nitrogens is 3. The molecule has 4 aromatic rings. The van der Waals surface area contributed by atoms with E-state index in [4.69, 9.17) is 4.74 Å². The first-order valence-electron chi connectivity index (χ1n) is 8.53. The lowest BCUT2D eigenvalue weighted by Gasteiger charge is -2.10. The van der Waals surface area contributed by atoms with Gasteiger partial charge in [0.15, 0.2) is 6.61 Å². The second-order valence-electron chi connectivity index (χ2n) is 6.11. The van der Waals surface area contributed by atoms with Crippen LogP contribution in [0.2, 0.25) is 0 Å². The van der Waals surface area contributed by atoms with Gasteiger partial charge in [-0.3, -0.25) is 9.59 Å². The van der Waals surface area contributed by atoms with Crippen LogP contribution in [0.3, 0.4) is 0 Å². The van der Waals surface area contributed by atoms with Gasteiger partial charge in [-0.05, 0) is 36.8 Å². The number of ether oxygens (including phenoxy) is 1. The molecule has 0 bridgehead atoms. The van der Waals surface area contributed by atoms with E-state index in [1.165, 1.54) is 22.2 Å². The molecular weight excluding hydrogens is 376 g/mol. The number of nitrogens with one attached hydrogen (secondary N) is 1. The zero-order valence-electron chi connectivity index (χ0n) is 15.0. The third kappa shape index (κ3) is 3.77. The predicted octanol–water partition coefficient (Wildman–Crippen LogP) is 2.02. The van der Waals surface area contributed by atoms with Gasteiger partial charge in [-0.25, -0.2) is 4.98 Å². The van der Waals surface area contributed by atoms with E-state index in [2.05, 4.69) is 15.4 Å². The molecular formula is C20H16N4O3S. The zero-order valence-corrected chi connectivity index (χ0v) is 15.8. The lowest BCUT2D eigenvalue weighted by atomic mass is 10.2. The van der Waals surface area contributed by atoms with Gasteiger partial charge in [0.1, 0.15) is 12.1 Å². The van der Waals surface area contributed by atoms with E-state index < -0.39 is 0 Å². The van der Waals surface area contributed by atoms with Gasteiger partial charge in [0, 0.05) is 11.3 Å². The number of carbonyl (C=O) groups is 1. The molecule has 0 saturated carbocycles. The van der Waals surface area contributed by atoms with Gasteiger partial charge in [0.05, 0.1) is 4.53 Å². The van der Waals surface area contributed by atoms with Crippen LogP contribution in [0, 0.1) is 6.92 Å². The molecule has 1 N–H and O–H groups in total. The quantitative estimate of drug-likeness (QED) is 0.562. The molecule has 140 valence electrons. The maximum absolute atomic E-state index is 12.3. The Morgan fingerprint density at radius 2 is 2.11 bits per heavy atom. The fraction of sp³-hybridized carbons (Fsp3) is 0.100. The predicted molar refractivity (Wildman–Crippen MR) is 108 cm³/mol. The Kier molecular flexibility index (Phi) is 4.86. The minimum atomic E-state index is -0.260. The highest BCUT2D eigenvalue weighted by Crippen LogP contribution is 2.19. The first-order valence-corrected chi connectivity index (χ1v) is 9.34. The molecule has 2 heterocycles.